The van der Waals surface area contributed by atoms with Gasteiger partial charge in [0, 0.05) is 18.3 Å². The molecule has 0 aliphatic carbocycles. The van der Waals surface area contributed by atoms with Crippen molar-refractivity contribution in [3.05, 3.63) is 24.3 Å². The van der Waals surface area contributed by atoms with Crippen LogP contribution in [-0.2, 0) is 19.1 Å². The normalized spacial score (nSPS) is 13.4. The molecule has 0 rings (SSSR count). The highest BCUT2D eigenvalue weighted by Crippen LogP contribution is 2.29. The summed E-state index contributed by atoms with van der Waals surface area (Å²) in [5, 5.41) is 0. The summed E-state index contributed by atoms with van der Waals surface area (Å²) in [6, 6.07) is 0. The van der Waals surface area contributed by atoms with Crippen LogP contribution in [0.5, 0.6) is 0 Å². The SMILES string of the molecule is CCCCCCCC/C=C\CCCCCCCC(=O)OC(Cl)C(OC(=O)CCCCCCC/C=C\CCCCCCCC)C(C)(C)C. The van der Waals surface area contributed by atoms with Crippen molar-refractivity contribution in [2.75, 3.05) is 0 Å². The van der Waals surface area contributed by atoms with E-state index in [1.165, 1.54) is 116 Å². The number of carbonyl (C=O) groups is 2. The second-order valence-corrected chi connectivity index (χ2v) is 15.2. The zero-order valence-electron chi connectivity index (χ0n) is 31.8. The molecular formula is C42H77ClO4. The molecule has 0 amide bonds. The summed E-state index contributed by atoms with van der Waals surface area (Å²) in [6.45, 7) is 10.4. The van der Waals surface area contributed by atoms with Crippen LogP contribution in [0.3, 0.4) is 0 Å². The van der Waals surface area contributed by atoms with Crippen LogP contribution >= 0.6 is 11.6 Å². The largest absolute Gasteiger partial charge is 0.456 e. The molecule has 2 atom stereocenters. The Morgan fingerprint density at radius 2 is 0.787 bits per heavy atom. The quantitative estimate of drug-likeness (QED) is 0.0299. The van der Waals surface area contributed by atoms with Gasteiger partial charge in [-0.1, -0.05) is 173 Å². The molecule has 47 heavy (non-hydrogen) atoms. The third kappa shape index (κ3) is 31.7. The number of ether oxygens (including phenoxy) is 2. The molecule has 0 N–H and O–H groups in total. The van der Waals surface area contributed by atoms with E-state index in [1.807, 2.05) is 20.8 Å². The summed E-state index contributed by atoms with van der Waals surface area (Å²) in [6.07, 6.45) is 41.1. The van der Waals surface area contributed by atoms with Gasteiger partial charge >= 0.3 is 11.9 Å². The van der Waals surface area contributed by atoms with Gasteiger partial charge in [-0.2, -0.15) is 0 Å². The molecule has 0 saturated heterocycles. The maximum Gasteiger partial charge on any atom is 0.307 e. The van der Waals surface area contributed by atoms with Crippen molar-refractivity contribution >= 4 is 23.5 Å². The van der Waals surface area contributed by atoms with Gasteiger partial charge in [0.1, 0.15) is 0 Å². The molecule has 4 nitrogen and oxygen atoms in total. The van der Waals surface area contributed by atoms with Gasteiger partial charge in [0.25, 0.3) is 0 Å². The Morgan fingerprint density at radius 3 is 1.13 bits per heavy atom. The average molecular weight is 682 g/mol. The van der Waals surface area contributed by atoms with E-state index in [9.17, 15) is 9.59 Å². The van der Waals surface area contributed by atoms with Crippen molar-refractivity contribution in [2.24, 2.45) is 5.41 Å². The maximum absolute atomic E-state index is 12.6. The van der Waals surface area contributed by atoms with Crippen LogP contribution in [0.25, 0.3) is 0 Å². The second kappa shape index (κ2) is 33.2. The Bertz CT molecular complexity index is 769. The molecule has 0 aliphatic rings. The van der Waals surface area contributed by atoms with E-state index in [4.69, 9.17) is 21.1 Å². The summed E-state index contributed by atoms with van der Waals surface area (Å²) in [7, 11) is 0. The molecule has 0 spiro atoms. The highest BCUT2D eigenvalue weighted by Gasteiger charge is 2.37. The molecule has 276 valence electrons. The first kappa shape index (κ1) is 45.7. The molecule has 0 bridgehead atoms. The highest BCUT2D eigenvalue weighted by molar-refractivity contribution is 6.20. The number of hydrogen-bond donors (Lipinski definition) is 0. The van der Waals surface area contributed by atoms with Crippen LogP contribution in [0.2, 0.25) is 0 Å². The summed E-state index contributed by atoms with van der Waals surface area (Å²) in [5.74, 6) is -0.577. The number of halogens is 1. The predicted molar refractivity (Wildman–Crippen MR) is 204 cm³/mol. The van der Waals surface area contributed by atoms with E-state index in [2.05, 4.69) is 38.2 Å². The van der Waals surface area contributed by atoms with Crippen molar-refractivity contribution in [3.63, 3.8) is 0 Å². The smallest absolute Gasteiger partial charge is 0.307 e. The molecule has 0 saturated carbocycles. The van der Waals surface area contributed by atoms with Gasteiger partial charge in [0.05, 0.1) is 0 Å². The number of esters is 2. The molecule has 2 unspecified atom stereocenters. The fourth-order valence-electron chi connectivity index (χ4n) is 5.75. The second-order valence-electron chi connectivity index (χ2n) is 14.8. The zero-order chi connectivity index (χ0) is 34.9. The molecule has 0 fully saturated rings. The number of rotatable bonds is 33. The topological polar surface area (TPSA) is 52.6 Å². The van der Waals surface area contributed by atoms with Crippen LogP contribution < -0.4 is 0 Å². The molecule has 0 aromatic rings. The number of alkyl halides is 1. The first-order valence-electron chi connectivity index (χ1n) is 20.0. The van der Waals surface area contributed by atoms with Crippen molar-refractivity contribution < 1.29 is 19.1 Å². The van der Waals surface area contributed by atoms with Gasteiger partial charge in [-0.3, -0.25) is 9.59 Å². The number of allylic oxidation sites excluding steroid dienone is 4. The van der Waals surface area contributed by atoms with Crippen molar-refractivity contribution in [1.29, 1.82) is 0 Å². The van der Waals surface area contributed by atoms with Gasteiger partial charge in [0.2, 0.25) is 5.56 Å². The summed E-state index contributed by atoms with van der Waals surface area (Å²) < 4.78 is 11.3. The lowest BCUT2D eigenvalue weighted by Crippen LogP contribution is -2.41. The molecule has 0 radical (unpaired) electrons. The fourth-order valence-corrected chi connectivity index (χ4v) is 6.28. The molecule has 0 aliphatic heterocycles. The molecule has 0 aromatic heterocycles. The highest BCUT2D eigenvalue weighted by atomic mass is 35.5. The summed E-state index contributed by atoms with van der Waals surface area (Å²) in [4.78, 5) is 25.1. The zero-order valence-corrected chi connectivity index (χ0v) is 32.5. The first-order chi connectivity index (χ1) is 22.7. The Kier molecular flexibility index (Phi) is 32.3. The number of carbonyl (C=O) groups excluding carboxylic acids is 2. The minimum absolute atomic E-state index is 0.262. The van der Waals surface area contributed by atoms with Crippen LogP contribution in [0.15, 0.2) is 24.3 Å². The molecule has 0 aromatic carbocycles. The molecule has 5 heteroatoms. The van der Waals surface area contributed by atoms with E-state index in [-0.39, 0.29) is 11.9 Å². The summed E-state index contributed by atoms with van der Waals surface area (Å²) in [5.41, 5.74) is -1.42. The lowest BCUT2D eigenvalue weighted by molar-refractivity contribution is -0.169. The van der Waals surface area contributed by atoms with Crippen molar-refractivity contribution in [1.82, 2.24) is 0 Å². The number of hydrogen-bond acceptors (Lipinski definition) is 4. The Balaban J connectivity index is 3.95. The fraction of sp³-hybridized carbons (Fsp3) is 0.857. The van der Waals surface area contributed by atoms with Gasteiger partial charge in [-0.15, -0.1) is 0 Å². The van der Waals surface area contributed by atoms with Gasteiger partial charge in [-0.25, -0.2) is 0 Å². The van der Waals surface area contributed by atoms with Crippen LogP contribution in [-0.4, -0.2) is 23.6 Å². The van der Waals surface area contributed by atoms with Gasteiger partial charge in [0.15, 0.2) is 6.10 Å². The Morgan fingerprint density at radius 1 is 0.489 bits per heavy atom. The lowest BCUT2D eigenvalue weighted by atomic mass is 9.89. The van der Waals surface area contributed by atoms with E-state index >= 15 is 0 Å². The molecular weight excluding hydrogens is 604 g/mol. The van der Waals surface area contributed by atoms with E-state index in [0.717, 1.165) is 51.4 Å². The molecule has 0 heterocycles. The predicted octanol–water partition coefficient (Wildman–Crippen LogP) is 14.1. The number of unbranched alkanes of at least 4 members (excludes halogenated alkanes) is 22. The Hall–Kier alpha value is -1.29. The third-order valence-electron chi connectivity index (χ3n) is 8.88. The minimum atomic E-state index is -0.983. The lowest BCUT2D eigenvalue weighted by Gasteiger charge is -2.33. The first-order valence-corrected chi connectivity index (χ1v) is 20.5. The van der Waals surface area contributed by atoms with Gasteiger partial charge < -0.3 is 9.47 Å². The minimum Gasteiger partial charge on any atom is -0.456 e. The van der Waals surface area contributed by atoms with E-state index in [0.29, 0.717) is 12.8 Å². The van der Waals surface area contributed by atoms with Crippen LogP contribution in [0.1, 0.15) is 214 Å². The van der Waals surface area contributed by atoms with Gasteiger partial charge in [-0.05, 0) is 64.2 Å². The van der Waals surface area contributed by atoms with E-state index < -0.39 is 17.1 Å². The van der Waals surface area contributed by atoms with E-state index in [1.54, 1.807) is 0 Å². The third-order valence-corrected chi connectivity index (χ3v) is 9.20. The van der Waals surface area contributed by atoms with Crippen LogP contribution in [0.4, 0.5) is 0 Å². The monoisotopic (exact) mass is 681 g/mol. The Labute approximate surface area is 297 Å². The van der Waals surface area contributed by atoms with Crippen molar-refractivity contribution in [3.8, 4) is 0 Å². The summed E-state index contributed by atoms with van der Waals surface area (Å²) >= 11 is 6.51. The standard InChI is InChI=1S/C42H77ClO4/c1-6-8-10-12-14-16-18-20-22-24-26-28-30-32-34-36-38(44)46-40(42(3,4)5)41(43)47-39(45)37-35-33-31-29-27-25-23-21-19-17-15-13-11-9-7-2/h20-23,40-41H,6-19,24-37H2,1-5H3/b22-20-,23-21-. The van der Waals surface area contributed by atoms with Crippen molar-refractivity contribution in [2.45, 2.75) is 226 Å². The maximum atomic E-state index is 12.6. The average Bonchev–Trinajstić information content (AvgIpc) is 3.03. The van der Waals surface area contributed by atoms with Crippen LogP contribution in [0, 0.1) is 5.41 Å².